The topological polar surface area (TPSA) is 71.3 Å². The molecule has 0 unspecified atom stereocenters. The van der Waals surface area contributed by atoms with Gasteiger partial charge < -0.3 is 14.7 Å². The molecular weight excluding hydrogens is 268 g/mol. The number of carbonyl (C=O) groups excluding carboxylic acids is 1. The maximum Gasteiger partial charge on any atom is 0.239 e. The van der Waals surface area contributed by atoms with Crippen LogP contribution in [-0.4, -0.2) is 46.6 Å². The summed E-state index contributed by atoms with van der Waals surface area (Å²) >= 11 is 0. The van der Waals surface area contributed by atoms with E-state index in [0.29, 0.717) is 11.8 Å². The van der Waals surface area contributed by atoms with Crippen molar-refractivity contribution in [2.24, 2.45) is 5.92 Å². The van der Waals surface area contributed by atoms with Crippen molar-refractivity contribution in [1.29, 1.82) is 0 Å². The summed E-state index contributed by atoms with van der Waals surface area (Å²) in [5, 5.41) is 7.32. The van der Waals surface area contributed by atoms with E-state index in [0.717, 1.165) is 57.6 Å². The largest absolute Gasteiger partial charge is 0.341 e. The predicted molar refractivity (Wildman–Crippen MR) is 77.7 cm³/mol. The van der Waals surface area contributed by atoms with Gasteiger partial charge in [0.05, 0.1) is 6.04 Å². The second-order valence-corrected chi connectivity index (χ2v) is 6.23. The van der Waals surface area contributed by atoms with Gasteiger partial charge in [-0.05, 0) is 38.1 Å². The SMILES string of the molecule is Cc1nc(C[C@H]2CCCN(C(=O)[C@H]3CCCCN3)C2)no1. The molecule has 6 nitrogen and oxygen atoms in total. The third-order valence-corrected chi connectivity index (χ3v) is 4.48. The van der Waals surface area contributed by atoms with Gasteiger partial charge in [-0.1, -0.05) is 11.6 Å². The molecule has 2 atom stereocenters. The van der Waals surface area contributed by atoms with Gasteiger partial charge in [-0.15, -0.1) is 0 Å². The molecule has 21 heavy (non-hydrogen) atoms. The molecule has 1 N–H and O–H groups in total. The lowest BCUT2D eigenvalue weighted by atomic mass is 9.93. The Morgan fingerprint density at radius 3 is 3.00 bits per heavy atom. The van der Waals surface area contributed by atoms with E-state index in [1.807, 2.05) is 11.8 Å². The zero-order valence-electron chi connectivity index (χ0n) is 12.7. The first-order valence-corrected chi connectivity index (χ1v) is 8.04. The van der Waals surface area contributed by atoms with E-state index in [4.69, 9.17) is 4.52 Å². The molecule has 1 aromatic rings. The number of nitrogens with one attached hydrogen (secondary N) is 1. The van der Waals surface area contributed by atoms with E-state index >= 15 is 0 Å². The standard InChI is InChI=1S/C15H24N4O2/c1-11-17-14(18-21-11)9-12-5-4-8-19(10-12)15(20)13-6-2-3-7-16-13/h12-13,16H,2-10H2,1H3/t12-,13-/m1/s1. The molecule has 0 aliphatic carbocycles. The highest BCUT2D eigenvalue weighted by Gasteiger charge is 2.30. The molecule has 2 fully saturated rings. The quantitative estimate of drug-likeness (QED) is 0.909. The predicted octanol–water partition coefficient (Wildman–Crippen LogP) is 1.30. The van der Waals surface area contributed by atoms with Crippen LogP contribution >= 0.6 is 0 Å². The zero-order chi connectivity index (χ0) is 14.7. The number of nitrogens with zero attached hydrogens (tertiary/aromatic N) is 3. The Bertz CT molecular complexity index is 482. The van der Waals surface area contributed by atoms with E-state index in [1.165, 1.54) is 6.42 Å². The number of hydrogen-bond acceptors (Lipinski definition) is 5. The molecule has 3 rings (SSSR count). The van der Waals surface area contributed by atoms with Crippen molar-refractivity contribution in [3.05, 3.63) is 11.7 Å². The molecule has 3 heterocycles. The minimum atomic E-state index is 0.0323. The molecule has 0 radical (unpaired) electrons. The van der Waals surface area contributed by atoms with Crippen LogP contribution in [0.4, 0.5) is 0 Å². The van der Waals surface area contributed by atoms with Gasteiger partial charge in [-0.3, -0.25) is 4.79 Å². The van der Waals surface area contributed by atoms with Crippen molar-refractivity contribution in [2.45, 2.75) is 51.5 Å². The summed E-state index contributed by atoms with van der Waals surface area (Å²) in [7, 11) is 0. The van der Waals surface area contributed by atoms with Crippen LogP contribution in [0, 0.1) is 12.8 Å². The number of carbonyl (C=O) groups is 1. The van der Waals surface area contributed by atoms with Gasteiger partial charge in [0, 0.05) is 26.4 Å². The Hall–Kier alpha value is -1.43. The van der Waals surface area contributed by atoms with Gasteiger partial charge in [0.1, 0.15) is 0 Å². The lowest BCUT2D eigenvalue weighted by molar-refractivity contribution is -0.135. The number of hydrogen-bond donors (Lipinski definition) is 1. The first-order valence-electron chi connectivity index (χ1n) is 8.04. The highest BCUT2D eigenvalue weighted by molar-refractivity contribution is 5.82. The summed E-state index contributed by atoms with van der Waals surface area (Å²) in [6.07, 6.45) is 6.32. The van der Waals surface area contributed by atoms with E-state index in [1.54, 1.807) is 0 Å². The Labute approximate surface area is 125 Å². The van der Waals surface area contributed by atoms with Crippen molar-refractivity contribution in [3.63, 3.8) is 0 Å². The van der Waals surface area contributed by atoms with Gasteiger partial charge in [-0.2, -0.15) is 4.98 Å². The molecule has 1 aromatic heterocycles. The number of likely N-dealkylation sites (tertiary alicyclic amines) is 1. The molecule has 1 amide bonds. The van der Waals surface area contributed by atoms with Crippen molar-refractivity contribution >= 4 is 5.91 Å². The van der Waals surface area contributed by atoms with Crippen LogP contribution in [0.25, 0.3) is 0 Å². The second-order valence-electron chi connectivity index (χ2n) is 6.23. The van der Waals surface area contributed by atoms with Crippen molar-refractivity contribution < 1.29 is 9.32 Å². The zero-order valence-corrected chi connectivity index (χ0v) is 12.7. The average Bonchev–Trinajstić information content (AvgIpc) is 2.93. The molecule has 0 spiro atoms. The molecular formula is C15H24N4O2. The minimum Gasteiger partial charge on any atom is -0.341 e. The van der Waals surface area contributed by atoms with E-state index in [2.05, 4.69) is 15.5 Å². The Morgan fingerprint density at radius 1 is 1.38 bits per heavy atom. The van der Waals surface area contributed by atoms with Crippen LogP contribution < -0.4 is 5.32 Å². The third kappa shape index (κ3) is 3.61. The minimum absolute atomic E-state index is 0.0323. The first-order chi connectivity index (χ1) is 10.2. The number of amides is 1. The molecule has 2 aliphatic rings. The summed E-state index contributed by atoms with van der Waals surface area (Å²) in [5.41, 5.74) is 0. The highest BCUT2D eigenvalue weighted by atomic mass is 16.5. The van der Waals surface area contributed by atoms with Crippen molar-refractivity contribution in [1.82, 2.24) is 20.4 Å². The Kier molecular flexibility index (Phi) is 4.53. The van der Waals surface area contributed by atoms with Crippen LogP contribution in [-0.2, 0) is 11.2 Å². The number of aryl methyl sites for hydroxylation is 1. The van der Waals surface area contributed by atoms with Gasteiger partial charge in [0.25, 0.3) is 0 Å². The lowest BCUT2D eigenvalue weighted by Gasteiger charge is -2.35. The summed E-state index contributed by atoms with van der Waals surface area (Å²) in [5.74, 6) is 2.11. The van der Waals surface area contributed by atoms with Crippen LogP contribution in [0.5, 0.6) is 0 Å². The summed E-state index contributed by atoms with van der Waals surface area (Å²) in [4.78, 5) is 18.9. The van der Waals surface area contributed by atoms with Gasteiger partial charge in [-0.25, -0.2) is 0 Å². The number of rotatable bonds is 3. The summed E-state index contributed by atoms with van der Waals surface area (Å²) < 4.78 is 5.02. The fourth-order valence-corrected chi connectivity index (χ4v) is 3.40. The normalized spacial score (nSPS) is 26.8. The molecule has 6 heteroatoms. The Balaban J connectivity index is 1.56. The van der Waals surface area contributed by atoms with Crippen LogP contribution in [0.15, 0.2) is 4.52 Å². The third-order valence-electron chi connectivity index (χ3n) is 4.48. The molecule has 2 saturated heterocycles. The van der Waals surface area contributed by atoms with E-state index in [9.17, 15) is 4.79 Å². The molecule has 0 saturated carbocycles. The van der Waals surface area contributed by atoms with Crippen LogP contribution in [0.3, 0.4) is 0 Å². The summed E-state index contributed by atoms with van der Waals surface area (Å²) in [6.45, 7) is 4.49. The average molecular weight is 292 g/mol. The summed E-state index contributed by atoms with van der Waals surface area (Å²) in [6, 6.07) is 0.0323. The number of aromatic nitrogens is 2. The monoisotopic (exact) mass is 292 g/mol. The fraction of sp³-hybridized carbons (Fsp3) is 0.800. The lowest BCUT2D eigenvalue weighted by Crippen LogP contribution is -2.51. The smallest absolute Gasteiger partial charge is 0.239 e. The molecule has 0 aromatic carbocycles. The number of piperidine rings is 2. The molecule has 2 aliphatic heterocycles. The van der Waals surface area contributed by atoms with E-state index < -0.39 is 0 Å². The molecule has 0 bridgehead atoms. The van der Waals surface area contributed by atoms with Gasteiger partial charge >= 0.3 is 0 Å². The molecule has 116 valence electrons. The van der Waals surface area contributed by atoms with Gasteiger partial charge in [0.2, 0.25) is 11.8 Å². The van der Waals surface area contributed by atoms with Crippen LogP contribution in [0.2, 0.25) is 0 Å². The highest BCUT2D eigenvalue weighted by Crippen LogP contribution is 2.21. The van der Waals surface area contributed by atoms with E-state index in [-0.39, 0.29) is 11.9 Å². The van der Waals surface area contributed by atoms with Crippen molar-refractivity contribution in [3.8, 4) is 0 Å². The maximum atomic E-state index is 12.6. The maximum absolute atomic E-state index is 12.6. The van der Waals surface area contributed by atoms with Gasteiger partial charge in [0.15, 0.2) is 5.82 Å². The first kappa shape index (κ1) is 14.5. The van der Waals surface area contributed by atoms with Crippen LogP contribution in [0.1, 0.15) is 43.8 Å². The second kappa shape index (κ2) is 6.56. The van der Waals surface area contributed by atoms with Crippen molar-refractivity contribution in [2.75, 3.05) is 19.6 Å². The fourth-order valence-electron chi connectivity index (χ4n) is 3.40. The Morgan fingerprint density at radius 2 is 2.29 bits per heavy atom.